The third-order valence-electron chi connectivity index (χ3n) is 4.92. The Balaban J connectivity index is 1.46. The van der Waals surface area contributed by atoms with E-state index in [1.165, 1.54) is 0 Å². The van der Waals surface area contributed by atoms with Gasteiger partial charge in [-0.05, 0) is 36.4 Å². The van der Waals surface area contributed by atoms with Crippen molar-refractivity contribution in [3.63, 3.8) is 0 Å². The van der Waals surface area contributed by atoms with Gasteiger partial charge in [-0.1, -0.05) is 36.6 Å². The highest BCUT2D eigenvalue weighted by molar-refractivity contribution is 6.54. The molecule has 0 saturated heterocycles. The van der Waals surface area contributed by atoms with E-state index in [-0.39, 0.29) is 5.91 Å². The van der Waals surface area contributed by atoms with Crippen molar-refractivity contribution >= 4 is 41.1 Å². The predicted octanol–water partition coefficient (Wildman–Crippen LogP) is 3.41. The average molecular weight is 393 g/mol. The number of pyridine rings is 1. The Morgan fingerprint density at radius 3 is 2.70 bits per heavy atom. The highest BCUT2D eigenvalue weighted by Gasteiger charge is 2.11. The molecule has 4 rings (SSSR count). The van der Waals surface area contributed by atoms with Crippen molar-refractivity contribution in [2.24, 2.45) is 0 Å². The molecule has 4 aromatic rings. The summed E-state index contributed by atoms with van der Waals surface area (Å²) in [5.74, 6) is -0.133. The van der Waals surface area contributed by atoms with Gasteiger partial charge in [-0.2, -0.15) is 5.26 Å². The molecule has 2 heterocycles. The molecule has 0 unspecified atom stereocenters. The number of carbonyl (C=O) groups is 1. The maximum atomic E-state index is 12.7. The number of H-pyrrole nitrogens is 1. The highest BCUT2D eigenvalue weighted by Crippen LogP contribution is 2.19. The van der Waals surface area contributed by atoms with Gasteiger partial charge in [0.15, 0.2) is 7.28 Å². The summed E-state index contributed by atoms with van der Waals surface area (Å²) < 4.78 is 0. The first-order chi connectivity index (χ1) is 14.7. The van der Waals surface area contributed by atoms with E-state index < -0.39 is 0 Å². The molecule has 2 aromatic heterocycles. The van der Waals surface area contributed by atoms with Crippen LogP contribution in [-0.4, -0.2) is 23.2 Å². The van der Waals surface area contributed by atoms with Gasteiger partial charge in [-0.15, -0.1) is 0 Å². The van der Waals surface area contributed by atoms with Crippen molar-refractivity contribution in [3.05, 3.63) is 83.7 Å². The second-order valence-corrected chi connectivity index (χ2v) is 6.96. The molecule has 0 saturated carbocycles. The zero-order valence-electron chi connectivity index (χ0n) is 16.6. The van der Waals surface area contributed by atoms with E-state index in [0.29, 0.717) is 23.4 Å². The molecule has 0 atom stereocenters. The summed E-state index contributed by atoms with van der Waals surface area (Å²) in [6.45, 7) is 2.63. The van der Waals surface area contributed by atoms with Crippen LogP contribution in [-0.2, 0) is 6.54 Å². The Kier molecular flexibility index (Phi) is 5.49. The first kappa shape index (κ1) is 19.3. The molecule has 146 valence electrons. The summed E-state index contributed by atoms with van der Waals surface area (Å²) in [6, 6.07) is 21.0. The van der Waals surface area contributed by atoms with Crippen LogP contribution in [0.15, 0.2) is 66.9 Å². The topological polar surface area (TPSA) is 93.6 Å². The van der Waals surface area contributed by atoms with E-state index >= 15 is 0 Å². The van der Waals surface area contributed by atoms with Crippen molar-refractivity contribution in [2.75, 3.05) is 10.6 Å². The lowest BCUT2D eigenvalue weighted by atomic mass is 9.71. The Labute approximate surface area is 175 Å². The van der Waals surface area contributed by atoms with Gasteiger partial charge < -0.3 is 15.6 Å². The smallest absolute Gasteiger partial charge is 0.255 e. The van der Waals surface area contributed by atoms with Gasteiger partial charge >= 0.3 is 0 Å². The van der Waals surface area contributed by atoms with Gasteiger partial charge in [0, 0.05) is 22.3 Å². The maximum absolute atomic E-state index is 12.7. The Hall–Kier alpha value is -4.05. The number of benzene rings is 2. The SMILES string of the molecule is CBc1ccccc1C(=O)Nc1cnc2[nH]c(CNc3ccc(C#N)cc3)cc2c1. The van der Waals surface area contributed by atoms with Crippen LogP contribution in [0.1, 0.15) is 21.6 Å². The molecule has 0 bridgehead atoms. The minimum absolute atomic E-state index is 0.133. The van der Waals surface area contributed by atoms with Crippen molar-refractivity contribution in [1.29, 1.82) is 5.26 Å². The van der Waals surface area contributed by atoms with Crippen molar-refractivity contribution in [2.45, 2.75) is 13.4 Å². The third kappa shape index (κ3) is 4.18. The van der Waals surface area contributed by atoms with Crippen molar-refractivity contribution in [3.8, 4) is 6.07 Å². The average Bonchev–Trinajstić information content (AvgIpc) is 3.20. The lowest BCUT2D eigenvalue weighted by Gasteiger charge is -2.08. The van der Waals surface area contributed by atoms with Gasteiger partial charge in [0.1, 0.15) is 5.65 Å². The summed E-state index contributed by atoms with van der Waals surface area (Å²) in [6.07, 6.45) is 1.66. The zero-order valence-corrected chi connectivity index (χ0v) is 16.6. The van der Waals surface area contributed by atoms with E-state index in [0.717, 1.165) is 35.2 Å². The molecule has 0 radical (unpaired) electrons. The standard InChI is InChI=1S/C23H20BN5O/c1-24-21-5-3-2-4-20(21)23(30)29-19-11-16-10-18(28-22(16)27-14-19)13-26-17-8-6-15(12-25)7-9-17/h2-11,14,24,26H,13H2,1H3,(H,27,28)(H,29,30). The fraction of sp³-hybridized carbons (Fsp3) is 0.0870. The van der Waals surface area contributed by atoms with Crippen LogP contribution in [0.4, 0.5) is 11.4 Å². The van der Waals surface area contributed by atoms with Crippen LogP contribution >= 0.6 is 0 Å². The second-order valence-electron chi connectivity index (χ2n) is 6.96. The van der Waals surface area contributed by atoms with Crippen LogP contribution in [0.2, 0.25) is 6.82 Å². The molecular formula is C23H20BN5O. The maximum Gasteiger partial charge on any atom is 0.255 e. The number of aromatic amines is 1. The van der Waals surface area contributed by atoms with Gasteiger partial charge in [-0.3, -0.25) is 4.79 Å². The van der Waals surface area contributed by atoms with Crippen molar-refractivity contribution < 1.29 is 4.79 Å². The molecule has 0 aliphatic heterocycles. The number of anilines is 2. The number of nitrogens with one attached hydrogen (secondary N) is 3. The lowest BCUT2D eigenvalue weighted by molar-refractivity contribution is 0.102. The minimum atomic E-state index is -0.133. The first-order valence-corrected chi connectivity index (χ1v) is 9.77. The Morgan fingerprint density at radius 1 is 1.13 bits per heavy atom. The number of rotatable bonds is 6. The fourth-order valence-electron chi connectivity index (χ4n) is 3.34. The number of carbonyl (C=O) groups excluding carboxylic acids is 1. The van der Waals surface area contributed by atoms with E-state index in [1.54, 1.807) is 18.3 Å². The van der Waals surface area contributed by atoms with E-state index in [9.17, 15) is 4.79 Å². The first-order valence-electron chi connectivity index (χ1n) is 9.77. The summed E-state index contributed by atoms with van der Waals surface area (Å²) in [7, 11) is 0.800. The number of fused-ring (bicyclic) bond motifs is 1. The molecule has 7 heteroatoms. The molecule has 6 nitrogen and oxygen atoms in total. The molecule has 0 fully saturated rings. The van der Waals surface area contributed by atoms with Gasteiger partial charge in [0.25, 0.3) is 5.91 Å². The molecule has 0 aliphatic carbocycles. The number of nitriles is 1. The number of amides is 1. The molecule has 3 N–H and O–H groups in total. The van der Waals surface area contributed by atoms with E-state index in [2.05, 4.69) is 26.7 Å². The van der Waals surface area contributed by atoms with E-state index in [4.69, 9.17) is 5.26 Å². The third-order valence-corrected chi connectivity index (χ3v) is 4.92. The van der Waals surface area contributed by atoms with Gasteiger partial charge in [-0.25, -0.2) is 4.98 Å². The summed E-state index contributed by atoms with van der Waals surface area (Å²) in [5.41, 5.74) is 5.65. The Morgan fingerprint density at radius 2 is 1.93 bits per heavy atom. The quantitative estimate of drug-likeness (QED) is 0.438. The lowest BCUT2D eigenvalue weighted by Crippen LogP contribution is -2.24. The van der Waals surface area contributed by atoms with E-state index in [1.807, 2.05) is 55.4 Å². The van der Waals surface area contributed by atoms with Crippen molar-refractivity contribution in [1.82, 2.24) is 9.97 Å². The second kappa shape index (κ2) is 8.54. The minimum Gasteiger partial charge on any atom is -0.379 e. The van der Waals surface area contributed by atoms with Crippen LogP contribution in [0, 0.1) is 11.3 Å². The molecule has 0 aliphatic rings. The number of hydrogen-bond acceptors (Lipinski definition) is 4. The predicted molar refractivity (Wildman–Crippen MR) is 122 cm³/mol. The van der Waals surface area contributed by atoms with Crippen LogP contribution < -0.4 is 16.1 Å². The molecule has 1 amide bonds. The monoisotopic (exact) mass is 393 g/mol. The molecular weight excluding hydrogens is 373 g/mol. The summed E-state index contributed by atoms with van der Waals surface area (Å²) in [5, 5.41) is 16.1. The molecule has 0 spiro atoms. The van der Waals surface area contributed by atoms with Gasteiger partial charge in [0.2, 0.25) is 0 Å². The fourth-order valence-corrected chi connectivity index (χ4v) is 3.34. The number of hydrogen-bond donors (Lipinski definition) is 3. The summed E-state index contributed by atoms with van der Waals surface area (Å²) in [4.78, 5) is 20.4. The largest absolute Gasteiger partial charge is 0.379 e. The van der Waals surface area contributed by atoms with Crippen LogP contribution in [0.25, 0.3) is 11.0 Å². The van der Waals surface area contributed by atoms with Gasteiger partial charge in [0.05, 0.1) is 30.1 Å². The molecule has 30 heavy (non-hydrogen) atoms. The number of nitrogens with zero attached hydrogens (tertiary/aromatic N) is 2. The zero-order chi connectivity index (χ0) is 20.9. The van der Waals surface area contributed by atoms with Crippen LogP contribution in [0.3, 0.4) is 0 Å². The number of aromatic nitrogens is 2. The van der Waals surface area contributed by atoms with Crippen LogP contribution in [0.5, 0.6) is 0 Å². The normalized spacial score (nSPS) is 10.4. The molecule has 2 aromatic carbocycles. The highest BCUT2D eigenvalue weighted by atomic mass is 16.1. The summed E-state index contributed by atoms with van der Waals surface area (Å²) >= 11 is 0. The Bertz CT molecular complexity index is 1240.